The molecule has 130 valence electrons. The third-order valence-electron chi connectivity index (χ3n) is 4.67. The second kappa shape index (κ2) is 7.96. The van der Waals surface area contributed by atoms with Gasteiger partial charge in [0.1, 0.15) is 0 Å². The summed E-state index contributed by atoms with van der Waals surface area (Å²) in [5, 5.41) is 6.54. The number of carbonyl (C=O) groups is 2. The molecule has 2 saturated heterocycles. The predicted octanol–water partition coefficient (Wildman–Crippen LogP) is 0.576. The SMILES string of the molecule is O=C(NCC(=O)N1CCC(N2CCNCC2)C1)c1cccc(Cl)c1. The van der Waals surface area contributed by atoms with E-state index in [1.54, 1.807) is 24.3 Å². The fourth-order valence-electron chi connectivity index (χ4n) is 3.31. The van der Waals surface area contributed by atoms with E-state index in [-0.39, 0.29) is 18.4 Å². The summed E-state index contributed by atoms with van der Waals surface area (Å²) in [4.78, 5) is 28.7. The first-order valence-corrected chi connectivity index (χ1v) is 8.77. The molecule has 7 heteroatoms. The lowest BCUT2D eigenvalue weighted by atomic mass is 10.2. The van der Waals surface area contributed by atoms with Crippen molar-refractivity contribution >= 4 is 23.4 Å². The van der Waals surface area contributed by atoms with Crippen molar-refractivity contribution in [1.82, 2.24) is 20.4 Å². The van der Waals surface area contributed by atoms with Crippen LogP contribution in [0.2, 0.25) is 5.02 Å². The minimum Gasteiger partial charge on any atom is -0.343 e. The molecule has 2 amide bonds. The zero-order valence-electron chi connectivity index (χ0n) is 13.6. The Kier molecular flexibility index (Phi) is 5.71. The molecule has 6 nitrogen and oxygen atoms in total. The van der Waals surface area contributed by atoms with Crippen LogP contribution in [-0.2, 0) is 4.79 Å². The van der Waals surface area contributed by atoms with Gasteiger partial charge in [-0.05, 0) is 24.6 Å². The van der Waals surface area contributed by atoms with Crippen molar-refractivity contribution < 1.29 is 9.59 Å². The molecule has 2 fully saturated rings. The second-order valence-electron chi connectivity index (χ2n) is 6.26. The standard InChI is InChI=1S/C17H23ClN4O2/c18-14-3-1-2-13(10-14)17(24)20-11-16(23)22-7-4-15(12-22)21-8-5-19-6-9-21/h1-3,10,15,19H,4-9,11-12H2,(H,20,24). The molecular formula is C17H23ClN4O2. The zero-order valence-corrected chi connectivity index (χ0v) is 14.4. The normalized spacial score (nSPS) is 21.7. The molecule has 1 aromatic rings. The van der Waals surface area contributed by atoms with Crippen molar-refractivity contribution in [2.45, 2.75) is 12.5 Å². The number of carbonyl (C=O) groups excluding carboxylic acids is 2. The topological polar surface area (TPSA) is 64.7 Å². The Balaban J connectivity index is 1.46. The van der Waals surface area contributed by atoms with Gasteiger partial charge in [0.05, 0.1) is 6.54 Å². The van der Waals surface area contributed by atoms with Gasteiger partial charge in [0.2, 0.25) is 5.91 Å². The molecule has 2 heterocycles. The Bertz CT molecular complexity index is 604. The molecule has 0 radical (unpaired) electrons. The summed E-state index contributed by atoms with van der Waals surface area (Å²) < 4.78 is 0. The van der Waals surface area contributed by atoms with Crippen molar-refractivity contribution in [2.24, 2.45) is 0 Å². The molecule has 0 spiro atoms. The highest BCUT2D eigenvalue weighted by molar-refractivity contribution is 6.30. The monoisotopic (exact) mass is 350 g/mol. The lowest BCUT2D eigenvalue weighted by Gasteiger charge is -2.32. The summed E-state index contributed by atoms with van der Waals surface area (Å²) in [6.45, 7) is 5.66. The van der Waals surface area contributed by atoms with Crippen LogP contribution in [0.5, 0.6) is 0 Å². The van der Waals surface area contributed by atoms with E-state index in [0.717, 1.165) is 45.7 Å². The van der Waals surface area contributed by atoms with E-state index >= 15 is 0 Å². The van der Waals surface area contributed by atoms with E-state index in [1.807, 2.05) is 4.90 Å². The van der Waals surface area contributed by atoms with Gasteiger partial charge in [-0.2, -0.15) is 0 Å². The highest BCUT2D eigenvalue weighted by Gasteiger charge is 2.30. The average Bonchev–Trinajstić information content (AvgIpc) is 3.10. The number of amides is 2. The quantitative estimate of drug-likeness (QED) is 0.833. The van der Waals surface area contributed by atoms with E-state index in [9.17, 15) is 9.59 Å². The fourth-order valence-corrected chi connectivity index (χ4v) is 3.50. The van der Waals surface area contributed by atoms with Crippen molar-refractivity contribution in [3.05, 3.63) is 34.9 Å². The molecule has 24 heavy (non-hydrogen) atoms. The van der Waals surface area contributed by atoms with Crippen molar-refractivity contribution in [3.8, 4) is 0 Å². The van der Waals surface area contributed by atoms with Crippen molar-refractivity contribution in [1.29, 1.82) is 0 Å². The number of halogens is 1. The van der Waals surface area contributed by atoms with Crippen molar-refractivity contribution in [3.63, 3.8) is 0 Å². The van der Waals surface area contributed by atoms with E-state index in [4.69, 9.17) is 11.6 Å². The third-order valence-corrected chi connectivity index (χ3v) is 4.91. The van der Waals surface area contributed by atoms with Gasteiger partial charge < -0.3 is 15.5 Å². The molecule has 2 aliphatic heterocycles. The van der Waals surface area contributed by atoms with Crippen LogP contribution in [0.4, 0.5) is 0 Å². The Morgan fingerprint density at radius 2 is 2.04 bits per heavy atom. The summed E-state index contributed by atoms with van der Waals surface area (Å²) in [5.41, 5.74) is 0.468. The molecule has 2 aliphatic rings. The van der Waals surface area contributed by atoms with Gasteiger partial charge in [0.15, 0.2) is 0 Å². The minimum absolute atomic E-state index is 0.0250. The van der Waals surface area contributed by atoms with Crippen LogP contribution in [0.3, 0.4) is 0 Å². The Morgan fingerprint density at radius 1 is 1.25 bits per heavy atom. The molecule has 2 N–H and O–H groups in total. The smallest absolute Gasteiger partial charge is 0.251 e. The van der Waals surface area contributed by atoms with E-state index in [1.165, 1.54) is 0 Å². The van der Waals surface area contributed by atoms with E-state index in [2.05, 4.69) is 15.5 Å². The van der Waals surface area contributed by atoms with E-state index in [0.29, 0.717) is 16.6 Å². The first-order valence-electron chi connectivity index (χ1n) is 8.40. The first-order chi connectivity index (χ1) is 11.6. The number of nitrogens with zero attached hydrogens (tertiary/aromatic N) is 2. The largest absolute Gasteiger partial charge is 0.343 e. The predicted molar refractivity (Wildman–Crippen MR) is 93.2 cm³/mol. The summed E-state index contributed by atoms with van der Waals surface area (Å²) >= 11 is 5.88. The van der Waals surface area contributed by atoms with Gasteiger partial charge in [-0.15, -0.1) is 0 Å². The van der Waals surface area contributed by atoms with Crippen LogP contribution in [0.1, 0.15) is 16.8 Å². The molecule has 1 atom stereocenters. The molecule has 1 unspecified atom stereocenters. The number of hydrogen-bond acceptors (Lipinski definition) is 4. The Hall–Kier alpha value is -1.63. The maximum atomic E-state index is 12.3. The second-order valence-corrected chi connectivity index (χ2v) is 6.70. The summed E-state index contributed by atoms with van der Waals surface area (Å²) in [6.07, 6.45) is 1.01. The zero-order chi connectivity index (χ0) is 16.9. The van der Waals surface area contributed by atoms with Gasteiger partial charge in [-0.3, -0.25) is 14.5 Å². The van der Waals surface area contributed by atoms with Gasteiger partial charge in [0, 0.05) is 55.9 Å². The lowest BCUT2D eigenvalue weighted by Crippen LogP contribution is -2.49. The number of likely N-dealkylation sites (tertiary alicyclic amines) is 1. The van der Waals surface area contributed by atoms with E-state index < -0.39 is 0 Å². The summed E-state index contributed by atoms with van der Waals surface area (Å²) in [6, 6.07) is 7.15. The minimum atomic E-state index is -0.274. The highest BCUT2D eigenvalue weighted by atomic mass is 35.5. The molecule has 0 aromatic heterocycles. The van der Waals surface area contributed by atoms with Gasteiger partial charge in [0.25, 0.3) is 5.91 Å². The number of benzene rings is 1. The van der Waals surface area contributed by atoms with Crippen LogP contribution in [0.15, 0.2) is 24.3 Å². The van der Waals surface area contributed by atoms with Crippen LogP contribution in [0, 0.1) is 0 Å². The molecule has 0 aliphatic carbocycles. The van der Waals surface area contributed by atoms with Crippen LogP contribution < -0.4 is 10.6 Å². The number of piperazine rings is 1. The Labute approximate surface area is 147 Å². The molecule has 0 bridgehead atoms. The number of rotatable bonds is 4. The van der Waals surface area contributed by atoms with Crippen LogP contribution >= 0.6 is 11.6 Å². The summed E-state index contributed by atoms with van der Waals surface area (Å²) in [7, 11) is 0. The molecule has 3 rings (SSSR count). The molecule has 1 aromatic carbocycles. The van der Waals surface area contributed by atoms with Gasteiger partial charge >= 0.3 is 0 Å². The summed E-state index contributed by atoms with van der Waals surface area (Å²) in [5.74, 6) is -0.299. The fraction of sp³-hybridized carbons (Fsp3) is 0.529. The molecule has 0 saturated carbocycles. The van der Waals surface area contributed by atoms with Gasteiger partial charge in [-0.1, -0.05) is 17.7 Å². The lowest BCUT2D eigenvalue weighted by molar-refractivity contribution is -0.129. The average molecular weight is 351 g/mol. The molecular weight excluding hydrogens is 328 g/mol. The van der Waals surface area contributed by atoms with Crippen LogP contribution in [0.25, 0.3) is 0 Å². The third kappa shape index (κ3) is 4.26. The van der Waals surface area contributed by atoms with Gasteiger partial charge in [-0.25, -0.2) is 0 Å². The number of nitrogens with one attached hydrogen (secondary N) is 2. The highest BCUT2D eigenvalue weighted by Crippen LogP contribution is 2.16. The maximum absolute atomic E-state index is 12.3. The first kappa shape index (κ1) is 17.2. The van der Waals surface area contributed by atoms with Crippen LogP contribution in [-0.4, -0.2) is 73.5 Å². The maximum Gasteiger partial charge on any atom is 0.251 e. The Morgan fingerprint density at radius 3 is 2.79 bits per heavy atom. The number of hydrogen-bond donors (Lipinski definition) is 2. The van der Waals surface area contributed by atoms with Crippen molar-refractivity contribution in [2.75, 3.05) is 45.8 Å².